The number of unbranched alkanes of at least 4 members (excludes halogenated alkanes) is 7. The lowest BCUT2D eigenvalue weighted by atomic mass is 10.1. The first-order valence-corrected chi connectivity index (χ1v) is 6.70. The van der Waals surface area contributed by atoms with E-state index in [9.17, 15) is 0 Å². The monoisotopic (exact) mass is 239 g/mol. The Balaban J connectivity index is 2.34. The molecule has 0 aliphatic heterocycles. The molecule has 0 radical (unpaired) electrons. The number of rotatable bonds is 10. The molecule has 96 valence electrons. The van der Waals surface area contributed by atoms with Gasteiger partial charge in [0.2, 0.25) is 0 Å². The van der Waals surface area contributed by atoms with Crippen LogP contribution in [0.15, 0.2) is 30.2 Å². The molecule has 17 heavy (non-hydrogen) atoms. The molecule has 0 unspecified atom stereocenters. The molecule has 0 N–H and O–H groups in total. The molecule has 1 aromatic rings. The van der Waals surface area contributed by atoms with Gasteiger partial charge in [-0.15, -0.1) is 0 Å². The Morgan fingerprint density at radius 1 is 0.882 bits per heavy atom. The van der Waals surface area contributed by atoms with Crippen molar-refractivity contribution in [1.29, 1.82) is 0 Å². The minimum atomic E-state index is -0.380. The SMILES string of the molecule is [2H]c1c([2H])c([2H])c(OCCCCCCCCCC)c([2H])c1[2H]. The van der Waals surface area contributed by atoms with E-state index < -0.39 is 0 Å². The van der Waals surface area contributed by atoms with Crippen molar-refractivity contribution in [2.45, 2.75) is 58.3 Å². The lowest BCUT2D eigenvalue weighted by Gasteiger charge is -2.05. The van der Waals surface area contributed by atoms with Crippen molar-refractivity contribution in [2.75, 3.05) is 6.61 Å². The number of benzene rings is 1. The normalized spacial score (nSPS) is 14.5. The van der Waals surface area contributed by atoms with Gasteiger partial charge in [-0.2, -0.15) is 0 Å². The summed E-state index contributed by atoms with van der Waals surface area (Å²) in [6.07, 6.45) is 9.42. The van der Waals surface area contributed by atoms with Crippen LogP contribution in [0.5, 0.6) is 5.75 Å². The van der Waals surface area contributed by atoms with Crippen LogP contribution in [-0.2, 0) is 0 Å². The lowest BCUT2D eigenvalue weighted by Crippen LogP contribution is -1.96. The predicted molar refractivity (Wildman–Crippen MR) is 74.5 cm³/mol. The third-order valence-electron chi connectivity index (χ3n) is 2.72. The van der Waals surface area contributed by atoms with E-state index in [-0.39, 0.29) is 36.0 Å². The van der Waals surface area contributed by atoms with Crippen molar-refractivity contribution in [3.05, 3.63) is 30.2 Å². The predicted octanol–water partition coefficient (Wildman–Crippen LogP) is 5.21. The Kier molecular flexibility index (Phi) is 4.90. The van der Waals surface area contributed by atoms with Gasteiger partial charge in [0.15, 0.2) is 0 Å². The summed E-state index contributed by atoms with van der Waals surface area (Å²) >= 11 is 0. The molecule has 0 amide bonds. The van der Waals surface area contributed by atoms with E-state index in [1.165, 1.54) is 32.1 Å². The highest BCUT2D eigenvalue weighted by molar-refractivity contribution is 5.20. The van der Waals surface area contributed by atoms with Crippen molar-refractivity contribution in [3.63, 3.8) is 0 Å². The molecule has 1 heteroatoms. The van der Waals surface area contributed by atoms with Crippen LogP contribution in [0.1, 0.15) is 65.1 Å². The van der Waals surface area contributed by atoms with Crippen LogP contribution in [0.3, 0.4) is 0 Å². The standard InChI is InChI=1S/C16H26O/c1-2-3-4-5-6-7-8-12-15-17-16-13-10-9-11-14-16/h9-11,13-14H,2-8,12,15H2,1H3/i9D,10D,11D,13D,14D. The second-order valence-electron chi connectivity index (χ2n) is 4.28. The van der Waals surface area contributed by atoms with E-state index in [1.54, 1.807) is 0 Å². The maximum atomic E-state index is 7.75. The van der Waals surface area contributed by atoms with Crippen LogP contribution in [0.4, 0.5) is 0 Å². The molecule has 0 saturated carbocycles. The van der Waals surface area contributed by atoms with Crippen LogP contribution in [0, 0.1) is 0 Å². The molecular formula is C16H26O. The first kappa shape index (κ1) is 8.18. The van der Waals surface area contributed by atoms with E-state index in [4.69, 9.17) is 11.6 Å². The largest absolute Gasteiger partial charge is 0.494 e. The summed E-state index contributed by atoms with van der Waals surface area (Å²) < 4.78 is 43.6. The molecule has 1 aromatic carbocycles. The third kappa shape index (κ3) is 7.84. The van der Waals surface area contributed by atoms with Crippen molar-refractivity contribution >= 4 is 0 Å². The zero-order valence-corrected chi connectivity index (χ0v) is 10.8. The Morgan fingerprint density at radius 2 is 1.47 bits per heavy atom. The number of ether oxygens (including phenoxy) is 1. The van der Waals surface area contributed by atoms with E-state index in [1.807, 2.05) is 0 Å². The molecule has 0 fully saturated rings. The molecule has 0 saturated heterocycles. The van der Waals surface area contributed by atoms with Gasteiger partial charge in [-0.05, 0) is 18.5 Å². The molecule has 0 heterocycles. The van der Waals surface area contributed by atoms with E-state index in [2.05, 4.69) is 6.92 Å². The zero-order valence-electron chi connectivity index (χ0n) is 15.8. The summed E-state index contributed by atoms with van der Waals surface area (Å²) in [5, 5.41) is 0. The van der Waals surface area contributed by atoms with Crippen molar-refractivity contribution in [2.24, 2.45) is 0 Å². The van der Waals surface area contributed by atoms with Gasteiger partial charge in [-0.3, -0.25) is 0 Å². The fraction of sp³-hybridized carbons (Fsp3) is 0.625. The van der Waals surface area contributed by atoms with E-state index >= 15 is 0 Å². The van der Waals surface area contributed by atoms with Crippen LogP contribution < -0.4 is 4.74 Å². The second kappa shape index (κ2) is 10.2. The number of hydrogen-bond acceptors (Lipinski definition) is 1. The summed E-state index contributed by atoms with van der Waals surface area (Å²) in [6.45, 7) is 2.60. The van der Waals surface area contributed by atoms with Crippen LogP contribution >= 0.6 is 0 Å². The minimum Gasteiger partial charge on any atom is -0.494 e. The molecular weight excluding hydrogens is 208 g/mol. The Bertz CT molecular complexity index is 447. The van der Waals surface area contributed by atoms with Gasteiger partial charge in [0, 0.05) is 0 Å². The topological polar surface area (TPSA) is 9.23 Å². The Labute approximate surface area is 113 Å². The Hall–Kier alpha value is -0.980. The molecule has 1 nitrogen and oxygen atoms in total. The highest BCUT2D eigenvalue weighted by Crippen LogP contribution is 2.11. The van der Waals surface area contributed by atoms with Gasteiger partial charge in [0.25, 0.3) is 0 Å². The molecule has 0 spiro atoms. The number of para-hydroxylation sites is 1. The summed E-state index contributed by atoms with van der Waals surface area (Å²) in [4.78, 5) is 0. The first-order valence-electron chi connectivity index (χ1n) is 9.20. The molecule has 1 rings (SSSR count). The molecule has 0 aliphatic rings. The molecule has 0 aromatic heterocycles. The maximum Gasteiger partial charge on any atom is 0.119 e. The Morgan fingerprint density at radius 3 is 2.12 bits per heavy atom. The van der Waals surface area contributed by atoms with E-state index in [0.29, 0.717) is 6.61 Å². The van der Waals surface area contributed by atoms with Gasteiger partial charge < -0.3 is 4.74 Å². The molecule has 0 atom stereocenters. The van der Waals surface area contributed by atoms with Crippen molar-refractivity contribution < 1.29 is 11.6 Å². The average molecular weight is 239 g/mol. The van der Waals surface area contributed by atoms with Gasteiger partial charge in [0.1, 0.15) is 5.75 Å². The maximum absolute atomic E-state index is 7.75. The van der Waals surface area contributed by atoms with Gasteiger partial charge in [0.05, 0.1) is 13.5 Å². The van der Waals surface area contributed by atoms with Crippen molar-refractivity contribution in [3.8, 4) is 5.75 Å². The minimum absolute atomic E-state index is 0.0334. The summed E-state index contributed by atoms with van der Waals surface area (Å²) in [5.41, 5.74) is 0. The number of hydrogen-bond donors (Lipinski definition) is 0. The quantitative estimate of drug-likeness (QED) is 0.509. The van der Waals surface area contributed by atoms with Crippen LogP contribution in [0.2, 0.25) is 0 Å². The summed E-state index contributed by atoms with van der Waals surface area (Å²) in [6, 6.07) is -1.58. The lowest BCUT2D eigenvalue weighted by molar-refractivity contribution is 0.304. The fourth-order valence-corrected chi connectivity index (χ4v) is 1.72. The molecule has 0 bridgehead atoms. The molecule has 0 aliphatic carbocycles. The van der Waals surface area contributed by atoms with Gasteiger partial charge >= 0.3 is 0 Å². The van der Waals surface area contributed by atoms with Crippen LogP contribution in [0.25, 0.3) is 0 Å². The van der Waals surface area contributed by atoms with Crippen molar-refractivity contribution in [1.82, 2.24) is 0 Å². The smallest absolute Gasteiger partial charge is 0.119 e. The highest BCUT2D eigenvalue weighted by Gasteiger charge is 1.93. The third-order valence-corrected chi connectivity index (χ3v) is 2.72. The fourth-order valence-electron chi connectivity index (χ4n) is 1.72. The van der Waals surface area contributed by atoms with Crippen LogP contribution in [-0.4, -0.2) is 6.61 Å². The first-order chi connectivity index (χ1) is 10.5. The average Bonchev–Trinajstić information content (AvgIpc) is 2.52. The summed E-state index contributed by atoms with van der Waals surface area (Å²) in [5.74, 6) is -0.0334. The highest BCUT2D eigenvalue weighted by atomic mass is 16.5. The van der Waals surface area contributed by atoms with Gasteiger partial charge in [-0.1, -0.05) is 70.0 Å². The second-order valence-corrected chi connectivity index (χ2v) is 4.28. The van der Waals surface area contributed by atoms with Gasteiger partial charge in [-0.25, -0.2) is 0 Å². The summed E-state index contributed by atoms with van der Waals surface area (Å²) in [7, 11) is 0. The zero-order chi connectivity index (χ0) is 16.5. The van der Waals surface area contributed by atoms with E-state index in [0.717, 1.165) is 19.3 Å².